The molecule has 1 amide bonds. The van der Waals surface area contributed by atoms with Gasteiger partial charge in [0.05, 0.1) is 15.7 Å². The Morgan fingerprint density at radius 2 is 1.95 bits per heavy atom. The fourth-order valence-corrected chi connectivity index (χ4v) is 2.46. The summed E-state index contributed by atoms with van der Waals surface area (Å²) in [5.41, 5.74) is 2.85. The van der Waals surface area contributed by atoms with Crippen LogP contribution in [0.5, 0.6) is 0 Å². The first-order valence-electron chi connectivity index (χ1n) is 6.28. The van der Waals surface area contributed by atoms with Crippen LogP contribution in [0, 0.1) is 13.8 Å². The second-order valence-electron chi connectivity index (χ2n) is 4.61. The van der Waals surface area contributed by atoms with Crippen molar-refractivity contribution in [2.24, 2.45) is 0 Å². The summed E-state index contributed by atoms with van der Waals surface area (Å²) in [6.45, 7) is 3.69. The monoisotopic (exact) mass is 345 g/mol. The van der Waals surface area contributed by atoms with Gasteiger partial charge in [-0.3, -0.25) is 4.79 Å². The Kier molecular flexibility index (Phi) is 3.42. The molecule has 0 unspecified atom stereocenters. The van der Waals surface area contributed by atoms with Crippen LogP contribution in [0.1, 0.15) is 21.7 Å². The number of nitrogens with one attached hydrogen (secondary N) is 1. The zero-order valence-electron chi connectivity index (χ0n) is 11.5. The largest absolute Gasteiger partial charge is 0.320 e. The summed E-state index contributed by atoms with van der Waals surface area (Å²) >= 11 is 3.51. The van der Waals surface area contributed by atoms with E-state index in [1.807, 2.05) is 23.7 Å². The third-order valence-electron chi connectivity index (χ3n) is 3.16. The minimum atomic E-state index is -0.246. The van der Waals surface area contributed by atoms with Crippen molar-refractivity contribution in [2.75, 3.05) is 5.32 Å². The van der Waals surface area contributed by atoms with Crippen LogP contribution in [0.15, 0.2) is 35.5 Å². The number of aryl methyl sites for hydroxylation is 1. The Labute approximate surface area is 129 Å². The van der Waals surface area contributed by atoms with E-state index in [9.17, 15) is 4.79 Å². The Hall–Kier alpha value is -2.28. The van der Waals surface area contributed by atoms with Gasteiger partial charge >= 0.3 is 0 Å². The van der Waals surface area contributed by atoms with E-state index in [0.717, 1.165) is 15.7 Å². The topological polar surface area (TPSA) is 72.2 Å². The number of pyridine rings is 1. The zero-order chi connectivity index (χ0) is 15.0. The maximum Gasteiger partial charge on any atom is 0.258 e. The summed E-state index contributed by atoms with van der Waals surface area (Å²) in [7, 11) is 0. The molecular weight excluding hydrogens is 334 g/mol. The number of amides is 1. The van der Waals surface area contributed by atoms with Crippen LogP contribution in [0.3, 0.4) is 0 Å². The highest BCUT2D eigenvalue weighted by Crippen LogP contribution is 2.27. The van der Waals surface area contributed by atoms with Crippen LogP contribution in [-0.2, 0) is 0 Å². The van der Waals surface area contributed by atoms with Crippen LogP contribution in [0.4, 0.5) is 5.69 Å². The van der Waals surface area contributed by atoms with Crippen molar-refractivity contribution in [1.82, 2.24) is 19.4 Å². The first-order valence-corrected chi connectivity index (χ1v) is 7.07. The van der Waals surface area contributed by atoms with Crippen molar-refractivity contribution in [2.45, 2.75) is 13.8 Å². The molecule has 0 fully saturated rings. The number of halogens is 1. The van der Waals surface area contributed by atoms with Crippen LogP contribution in [0.25, 0.3) is 5.65 Å². The summed E-state index contributed by atoms with van der Waals surface area (Å²) in [5, 5.41) is 2.87. The van der Waals surface area contributed by atoms with Crippen molar-refractivity contribution in [1.29, 1.82) is 0 Å². The summed E-state index contributed by atoms with van der Waals surface area (Å²) < 4.78 is 2.70. The molecule has 3 heterocycles. The molecule has 0 aliphatic heterocycles. The number of imidazole rings is 1. The van der Waals surface area contributed by atoms with E-state index in [0.29, 0.717) is 17.1 Å². The number of anilines is 1. The van der Waals surface area contributed by atoms with Gasteiger partial charge in [0.15, 0.2) is 5.65 Å². The fraction of sp³-hybridized carbons (Fsp3) is 0.143. The third kappa shape index (κ3) is 2.52. The van der Waals surface area contributed by atoms with Crippen LogP contribution in [-0.4, -0.2) is 25.3 Å². The molecule has 3 aromatic rings. The lowest BCUT2D eigenvalue weighted by Gasteiger charge is -2.11. The SMILES string of the molecule is Cc1ncc(C(=O)Nc2cn3ccnc3c(Br)c2C)cn1. The quantitative estimate of drug-likeness (QED) is 0.775. The predicted octanol–water partition coefficient (Wildman–Crippen LogP) is 2.76. The number of nitrogens with zero attached hydrogens (tertiary/aromatic N) is 4. The molecule has 0 saturated carbocycles. The molecular formula is C14H12BrN5O. The molecule has 0 atom stereocenters. The predicted molar refractivity (Wildman–Crippen MR) is 82.4 cm³/mol. The van der Waals surface area contributed by atoms with E-state index < -0.39 is 0 Å². The van der Waals surface area contributed by atoms with Gasteiger partial charge < -0.3 is 9.72 Å². The maximum absolute atomic E-state index is 12.2. The van der Waals surface area contributed by atoms with E-state index in [2.05, 4.69) is 36.2 Å². The van der Waals surface area contributed by atoms with Crippen molar-refractivity contribution in [3.8, 4) is 0 Å². The number of hydrogen-bond donors (Lipinski definition) is 1. The Morgan fingerprint density at radius 3 is 2.67 bits per heavy atom. The number of rotatable bonds is 2. The van der Waals surface area contributed by atoms with Gasteiger partial charge in [0, 0.05) is 31.0 Å². The van der Waals surface area contributed by atoms with Crippen molar-refractivity contribution in [3.05, 3.63) is 52.4 Å². The van der Waals surface area contributed by atoms with Gasteiger partial charge in [0.1, 0.15) is 5.82 Å². The Bertz CT molecular complexity index is 825. The molecule has 21 heavy (non-hydrogen) atoms. The average molecular weight is 346 g/mol. The molecule has 6 nitrogen and oxygen atoms in total. The summed E-state index contributed by atoms with van der Waals surface area (Å²) in [6.07, 6.45) is 8.38. The highest BCUT2D eigenvalue weighted by molar-refractivity contribution is 9.10. The molecule has 0 bridgehead atoms. The lowest BCUT2D eigenvalue weighted by Crippen LogP contribution is -2.14. The van der Waals surface area contributed by atoms with Gasteiger partial charge in [-0.05, 0) is 35.3 Å². The van der Waals surface area contributed by atoms with Gasteiger partial charge in [-0.15, -0.1) is 0 Å². The Balaban J connectivity index is 1.96. The molecule has 0 aliphatic rings. The lowest BCUT2D eigenvalue weighted by molar-refractivity contribution is 0.102. The van der Waals surface area contributed by atoms with Gasteiger partial charge in [0.2, 0.25) is 0 Å². The summed E-state index contributed by atoms with van der Waals surface area (Å²) in [6, 6.07) is 0. The second kappa shape index (κ2) is 5.25. The van der Waals surface area contributed by atoms with Crippen molar-refractivity contribution >= 4 is 33.2 Å². The molecule has 7 heteroatoms. The number of carbonyl (C=O) groups excluding carboxylic acids is 1. The molecule has 0 saturated heterocycles. The average Bonchev–Trinajstić information content (AvgIpc) is 2.93. The van der Waals surface area contributed by atoms with Crippen LogP contribution >= 0.6 is 15.9 Å². The molecule has 0 radical (unpaired) electrons. The normalized spacial score (nSPS) is 10.8. The smallest absolute Gasteiger partial charge is 0.258 e. The van der Waals surface area contributed by atoms with Crippen LogP contribution < -0.4 is 5.32 Å². The molecule has 0 spiro atoms. The Morgan fingerprint density at radius 1 is 1.24 bits per heavy atom. The highest BCUT2D eigenvalue weighted by Gasteiger charge is 2.13. The minimum absolute atomic E-state index is 0.246. The standard InChI is InChI=1S/C14H12BrN5O/c1-8-11(7-20-4-3-16-13(20)12(8)15)19-14(21)10-5-17-9(2)18-6-10/h3-7H,1-2H3,(H,19,21). The van der Waals surface area contributed by atoms with Crippen LogP contribution in [0.2, 0.25) is 0 Å². The van der Waals surface area contributed by atoms with Gasteiger partial charge in [0.25, 0.3) is 5.91 Å². The van der Waals surface area contributed by atoms with Gasteiger partial charge in [-0.2, -0.15) is 0 Å². The number of aromatic nitrogens is 4. The molecule has 0 aromatic carbocycles. The fourth-order valence-electron chi connectivity index (χ4n) is 1.94. The van der Waals surface area contributed by atoms with E-state index in [1.165, 1.54) is 12.4 Å². The van der Waals surface area contributed by atoms with E-state index in [1.54, 1.807) is 13.1 Å². The first kappa shape index (κ1) is 13.7. The third-order valence-corrected chi connectivity index (χ3v) is 4.11. The highest BCUT2D eigenvalue weighted by atomic mass is 79.9. The van der Waals surface area contributed by atoms with E-state index >= 15 is 0 Å². The first-order chi connectivity index (χ1) is 10.1. The summed E-state index contributed by atoms with van der Waals surface area (Å²) in [5.74, 6) is 0.384. The maximum atomic E-state index is 12.2. The molecule has 0 aliphatic carbocycles. The molecule has 3 rings (SSSR count). The number of carbonyl (C=O) groups is 1. The number of fused-ring (bicyclic) bond motifs is 1. The molecule has 3 aromatic heterocycles. The summed E-state index contributed by atoms with van der Waals surface area (Å²) in [4.78, 5) is 24.5. The van der Waals surface area contributed by atoms with Gasteiger partial charge in [-0.1, -0.05) is 0 Å². The lowest BCUT2D eigenvalue weighted by atomic mass is 10.2. The minimum Gasteiger partial charge on any atom is -0.320 e. The van der Waals surface area contributed by atoms with E-state index in [4.69, 9.17) is 0 Å². The van der Waals surface area contributed by atoms with Gasteiger partial charge in [-0.25, -0.2) is 15.0 Å². The van der Waals surface area contributed by atoms with E-state index in [-0.39, 0.29) is 5.91 Å². The molecule has 106 valence electrons. The van der Waals surface area contributed by atoms with Crippen molar-refractivity contribution in [3.63, 3.8) is 0 Å². The van der Waals surface area contributed by atoms with Crippen molar-refractivity contribution < 1.29 is 4.79 Å². The molecule has 1 N–H and O–H groups in total. The second-order valence-corrected chi connectivity index (χ2v) is 5.41. The zero-order valence-corrected chi connectivity index (χ0v) is 13.0. The number of hydrogen-bond acceptors (Lipinski definition) is 4.